The van der Waals surface area contributed by atoms with Gasteiger partial charge in [0.15, 0.2) is 0 Å². The van der Waals surface area contributed by atoms with Gasteiger partial charge < -0.3 is 10.0 Å². The molecule has 68 valence electrons. The van der Waals surface area contributed by atoms with Gasteiger partial charge in [-0.15, -0.1) is 0 Å². The van der Waals surface area contributed by atoms with Crippen LogP contribution in [-0.2, 0) is 4.79 Å². The van der Waals surface area contributed by atoms with E-state index in [-0.39, 0.29) is 31.0 Å². The van der Waals surface area contributed by atoms with Gasteiger partial charge in [-0.25, -0.2) is 4.79 Å². The van der Waals surface area contributed by atoms with Crippen LogP contribution in [0, 0.1) is 5.92 Å². The zero-order chi connectivity index (χ0) is 9.14. The lowest BCUT2D eigenvalue weighted by atomic mass is 10.2. The lowest BCUT2D eigenvalue weighted by molar-refractivity contribution is -0.118. The van der Waals surface area contributed by atoms with E-state index >= 15 is 0 Å². The SMILES string of the molecule is CC(CO)CN1CC(=O)NC1=O. The molecule has 1 aliphatic heterocycles. The third kappa shape index (κ3) is 1.94. The first-order valence-corrected chi connectivity index (χ1v) is 3.83. The minimum atomic E-state index is -0.361. The summed E-state index contributed by atoms with van der Waals surface area (Å²) in [5, 5.41) is 10.9. The molecule has 0 aromatic heterocycles. The number of carbonyl (C=O) groups excluding carboxylic acids is 2. The van der Waals surface area contributed by atoms with E-state index < -0.39 is 0 Å². The van der Waals surface area contributed by atoms with Crippen LogP contribution in [-0.4, -0.2) is 41.6 Å². The average molecular weight is 172 g/mol. The summed E-state index contributed by atoms with van der Waals surface area (Å²) in [6.07, 6.45) is 0. The summed E-state index contributed by atoms with van der Waals surface area (Å²) < 4.78 is 0. The molecular weight excluding hydrogens is 160 g/mol. The van der Waals surface area contributed by atoms with Gasteiger partial charge in [-0.05, 0) is 5.92 Å². The van der Waals surface area contributed by atoms with Gasteiger partial charge in [-0.3, -0.25) is 10.1 Å². The summed E-state index contributed by atoms with van der Waals surface area (Å²) in [6.45, 7) is 2.38. The van der Waals surface area contributed by atoms with Crippen molar-refractivity contribution in [1.29, 1.82) is 0 Å². The van der Waals surface area contributed by atoms with Gasteiger partial charge in [-0.1, -0.05) is 6.92 Å². The highest BCUT2D eigenvalue weighted by Crippen LogP contribution is 2.03. The summed E-state index contributed by atoms with van der Waals surface area (Å²) in [5.74, 6) is -0.258. The Hall–Kier alpha value is -1.10. The summed E-state index contributed by atoms with van der Waals surface area (Å²) in [7, 11) is 0. The molecule has 3 amide bonds. The fraction of sp³-hybridized carbons (Fsp3) is 0.714. The highest BCUT2D eigenvalue weighted by molar-refractivity contribution is 6.01. The van der Waals surface area contributed by atoms with Crippen molar-refractivity contribution in [2.24, 2.45) is 5.92 Å². The molecule has 0 radical (unpaired) electrons. The number of nitrogens with zero attached hydrogens (tertiary/aromatic N) is 1. The van der Waals surface area contributed by atoms with Crippen LogP contribution in [0.5, 0.6) is 0 Å². The quantitative estimate of drug-likeness (QED) is 0.546. The normalized spacial score (nSPS) is 19.7. The van der Waals surface area contributed by atoms with E-state index in [9.17, 15) is 9.59 Å². The Morgan fingerprint density at radius 2 is 2.33 bits per heavy atom. The number of urea groups is 1. The molecule has 1 saturated heterocycles. The van der Waals surface area contributed by atoms with Crippen LogP contribution in [0.1, 0.15) is 6.92 Å². The first-order valence-electron chi connectivity index (χ1n) is 3.83. The molecular formula is C7H12N2O3. The van der Waals surface area contributed by atoms with Gasteiger partial charge >= 0.3 is 6.03 Å². The second-order valence-corrected chi connectivity index (χ2v) is 3.02. The zero-order valence-corrected chi connectivity index (χ0v) is 6.91. The van der Waals surface area contributed by atoms with Gasteiger partial charge in [0.25, 0.3) is 0 Å². The second kappa shape index (κ2) is 3.53. The Morgan fingerprint density at radius 1 is 1.67 bits per heavy atom. The van der Waals surface area contributed by atoms with E-state index in [0.717, 1.165) is 0 Å². The minimum absolute atomic E-state index is 0.0154. The van der Waals surface area contributed by atoms with Crippen LogP contribution in [0.2, 0.25) is 0 Å². The molecule has 1 atom stereocenters. The third-order valence-electron chi connectivity index (χ3n) is 1.71. The first-order chi connectivity index (χ1) is 5.63. The fourth-order valence-electron chi connectivity index (χ4n) is 1.06. The molecule has 1 rings (SSSR count). The van der Waals surface area contributed by atoms with Crippen molar-refractivity contribution in [3.8, 4) is 0 Å². The molecule has 0 spiro atoms. The average Bonchev–Trinajstić information content (AvgIpc) is 2.30. The molecule has 0 aromatic rings. The number of carbonyl (C=O) groups is 2. The molecule has 1 aliphatic rings. The molecule has 1 fully saturated rings. The number of rotatable bonds is 3. The Balaban J connectivity index is 2.43. The van der Waals surface area contributed by atoms with Gasteiger partial charge in [0.2, 0.25) is 5.91 Å². The van der Waals surface area contributed by atoms with Crippen molar-refractivity contribution in [2.45, 2.75) is 6.92 Å². The van der Waals surface area contributed by atoms with E-state index in [0.29, 0.717) is 6.54 Å². The fourth-order valence-corrected chi connectivity index (χ4v) is 1.06. The first kappa shape index (κ1) is 8.99. The number of aliphatic hydroxyl groups excluding tert-OH is 1. The lowest BCUT2D eigenvalue weighted by Crippen LogP contribution is -2.33. The Labute approximate surface area is 70.4 Å². The zero-order valence-electron chi connectivity index (χ0n) is 6.91. The molecule has 1 unspecified atom stereocenters. The summed E-state index contributed by atoms with van der Waals surface area (Å²) in [6, 6.07) is -0.361. The number of aliphatic hydroxyl groups is 1. The Bertz CT molecular complexity index is 205. The topological polar surface area (TPSA) is 69.6 Å². The predicted octanol–water partition coefficient (Wildman–Crippen LogP) is -0.833. The second-order valence-electron chi connectivity index (χ2n) is 3.02. The lowest BCUT2D eigenvalue weighted by Gasteiger charge is -2.16. The Kier molecular flexibility index (Phi) is 2.65. The number of imide groups is 1. The maximum Gasteiger partial charge on any atom is 0.324 e. The highest BCUT2D eigenvalue weighted by Gasteiger charge is 2.27. The van der Waals surface area contributed by atoms with Crippen LogP contribution >= 0.6 is 0 Å². The highest BCUT2D eigenvalue weighted by atomic mass is 16.3. The van der Waals surface area contributed by atoms with Crippen LogP contribution in [0.25, 0.3) is 0 Å². The molecule has 2 N–H and O–H groups in total. The van der Waals surface area contributed by atoms with Crippen molar-refractivity contribution < 1.29 is 14.7 Å². The van der Waals surface area contributed by atoms with Crippen molar-refractivity contribution in [3.63, 3.8) is 0 Å². The van der Waals surface area contributed by atoms with Gasteiger partial charge in [-0.2, -0.15) is 0 Å². The number of nitrogens with one attached hydrogen (secondary N) is 1. The van der Waals surface area contributed by atoms with E-state index in [1.54, 1.807) is 0 Å². The van der Waals surface area contributed by atoms with E-state index in [4.69, 9.17) is 5.11 Å². The number of hydrogen-bond donors (Lipinski definition) is 2. The van der Waals surface area contributed by atoms with Crippen LogP contribution in [0.3, 0.4) is 0 Å². The van der Waals surface area contributed by atoms with Crippen LogP contribution in [0.15, 0.2) is 0 Å². The van der Waals surface area contributed by atoms with Crippen LogP contribution < -0.4 is 5.32 Å². The predicted molar refractivity (Wildman–Crippen MR) is 41.4 cm³/mol. The summed E-state index contributed by atoms with van der Waals surface area (Å²) in [4.78, 5) is 23.0. The maximum atomic E-state index is 10.9. The Morgan fingerprint density at radius 3 is 2.75 bits per heavy atom. The smallest absolute Gasteiger partial charge is 0.324 e. The molecule has 0 aromatic carbocycles. The van der Waals surface area contributed by atoms with Crippen molar-refractivity contribution in [3.05, 3.63) is 0 Å². The molecule has 5 heteroatoms. The van der Waals surface area contributed by atoms with E-state index in [1.807, 2.05) is 6.92 Å². The van der Waals surface area contributed by atoms with E-state index in [1.165, 1.54) is 4.90 Å². The molecule has 1 heterocycles. The number of amides is 3. The van der Waals surface area contributed by atoms with Gasteiger partial charge in [0, 0.05) is 13.2 Å². The molecule has 0 aliphatic carbocycles. The van der Waals surface area contributed by atoms with E-state index in [2.05, 4.69) is 5.32 Å². The largest absolute Gasteiger partial charge is 0.396 e. The summed E-state index contributed by atoms with van der Waals surface area (Å²) in [5.41, 5.74) is 0. The standard InChI is InChI=1S/C7H12N2O3/c1-5(4-10)2-9-3-6(11)8-7(9)12/h5,10H,2-4H2,1H3,(H,8,11,12). The third-order valence-corrected chi connectivity index (χ3v) is 1.71. The maximum absolute atomic E-state index is 10.9. The molecule has 0 saturated carbocycles. The van der Waals surface area contributed by atoms with Crippen LogP contribution in [0.4, 0.5) is 4.79 Å². The van der Waals surface area contributed by atoms with Crippen molar-refractivity contribution in [1.82, 2.24) is 10.2 Å². The van der Waals surface area contributed by atoms with Gasteiger partial charge in [0.05, 0.1) is 0 Å². The minimum Gasteiger partial charge on any atom is -0.396 e. The van der Waals surface area contributed by atoms with Crippen molar-refractivity contribution in [2.75, 3.05) is 19.7 Å². The summed E-state index contributed by atoms with van der Waals surface area (Å²) >= 11 is 0. The monoisotopic (exact) mass is 172 g/mol. The van der Waals surface area contributed by atoms with Gasteiger partial charge in [0.1, 0.15) is 6.54 Å². The molecule has 0 bridgehead atoms. The molecule has 5 nitrogen and oxygen atoms in total. The molecule has 12 heavy (non-hydrogen) atoms. The number of hydrogen-bond acceptors (Lipinski definition) is 3. The van der Waals surface area contributed by atoms with Crippen molar-refractivity contribution >= 4 is 11.9 Å².